The van der Waals surface area contributed by atoms with Gasteiger partial charge in [-0.15, -0.1) is 15.3 Å². The summed E-state index contributed by atoms with van der Waals surface area (Å²) in [6, 6.07) is 8.37. The maximum Gasteiger partial charge on any atom is 0.453 e. The van der Waals surface area contributed by atoms with Gasteiger partial charge in [0.1, 0.15) is 5.52 Å². The van der Waals surface area contributed by atoms with Crippen molar-refractivity contribution in [3.05, 3.63) is 57.2 Å². The molecule has 0 radical (unpaired) electrons. The van der Waals surface area contributed by atoms with Crippen molar-refractivity contribution < 1.29 is 13.2 Å². The van der Waals surface area contributed by atoms with E-state index in [2.05, 4.69) is 36.2 Å². The molecule has 0 atom stereocenters. The van der Waals surface area contributed by atoms with Crippen molar-refractivity contribution in [2.75, 3.05) is 0 Å². The van der Waals surface area contributed by atoms with Crippen molar-refractivity contribution in [3.8, 4) is 5.69 Å². The smallest absolute Gasteiger partial charge is 0.282 e. The molecule has 0 N–H and O–H groups in total. The van der Waals surface area contributed by atoms with Crippen molar-refractivity contribution in [1.29, 1.82) is 0 Å². The van der Waals surface area contributed by atoms with Crippen molar-refractivity contribution in [3.63, 3.8) is 0 Å². The van der Waals surface area contributed by atoms with E-state index >= 15 is 0 Å². The average molecular weight is 411 g/mol. The van der Waals surface area contributed by atoms with Gasteiger partial charge in [0, 0.05) is 16.4 Å². The van der Waals surface area contributed by atoms with Crippen LogP contribution in [0.5, 0.6) is 0 Å². The first-order valence-corrected chi connectivity index (χ1v) is 7.62. The largest absolute Gasteiger partial charge is 0.453 e. The van der Waals surface area contributed by atoms with Crippen LogP contribution in [0.1, 0.15) is 5.82 Å². The van der Waals surface area contributed by atoms with Crippen LogP contribution in [0.2, 0.25) is 0 Å². The Morgan fingerprint density at radius 2 is 1.76 bits per heavy atom. The van der Waals surface area contributed by atoms with E-state index in [1.54, 1.807) is 24.3 Å². The summed E-state index contributed by atoms with van der Waals surface area (Å²) in [4.78, 5) is 15.9. The number of halogens is 4. The molecule has 0 saturated carbocycles. The summed E-state index contributed by atoms with van der Waals surface area (Å²) in [5, 5.41) is 10.7. The minimum atomic E-state index is -4.72. The van der Waals surface area contributed by atoms with E-state index < -0.39 is 17.6 Å². The third kappa shape index (κ3) is 2.56. The summed E-state index contributed by atoms with van der Waals surface area (Å²) in [6.45, 7) is 0. The van der Waals surface area contributed by atoms with E-state index in [1.165, 1.54) is 16.8 Å². The highest BCUT2D eigenvalue weighted by Gasteiger charge is 2.36. The van der Waals surface area contributed by atoms with Gasteiger partial charge >= 0.3 is 6.18 Å². The first kappa shape index (κ1) is 15.7. The number of hydrogen-bond acceptors (Lipinski definition) is 5. The molecule has 0 bridgehead atoms. The van der Waals surface area contributed by atoms with Crippen LogP contribution in [0.25, 0.3) is 22.5 Å². The summed E-state index contributed by atoms with van der Waals surface area (Å²) in [5.41, 5.74) is 0.0211. The van der Waals surface area contributed by atoms with Crippen molar-refractivity contribution in [2.45, 2.75) is 6.18 Å². The molecule has 25 heavy (non-hydrogen) atoms. The van der Waals surface area contributed by atoms with E-state index in [4.69, 9.17) is 0 Å². The molecule has 0 unspecified atom stereocenters. The predicted molar refractivity (Wildman–Crippen MR) is 84.4 cm³/mol. The van der Waals surface area contributed by atoms with Crippen LogP contribution in [-0.4, -0.2) is 29.4 Å². The third-order valence-corrected chi connectivity index (χ3v) is 3.99. The standard InChI is InChI=1S/C14H6BrF3N6O/c15-7-1-3-8(4-2-7)23-6-5-9-10(11(23)25)20-21-13-19-12(14(16,17)18)22-24(9)13/h1-6H. The number of fused-ring (bicyclic) bond motifs is 3. The quantitative estimate of drug-likeness (QED) is 0.481. The van der Waals surface area contributed by atoms with Crippen molar-refractivity contribution >= 4 is 32.7 Å². The lowest BCUT2D eigenvalue weighted by Crippen LogP contribution is -2.20. The number of pyridine rings is 1. The fourth-order valence-corrected chi connectivity index (χ4v) is 2.59. The Morgan fingerprint density at radius 3 is 2.44 bits per heavy atom. The summed E-state index contributed by atoms with van der Waals surface area (Å²) in [7, 11) is 0. The summed E-state index contributed by atoms with van der Waals surface area (Å²) >= 11 is 3.30. The number of alkyl halides is 3. The zero-order valence-corrected chi connectivity index (χ0v) is 13.7. The Kier molecular flexibility index (Phi) is 3.35. The second kappa shape index (κ2) is 5.34. The van der Waals surface area contributed by atoms with E-state index in [0.717, 1.165) is 8.99 Å². The monoisotopic (exact) mass is 410 g/mol. The lowest BCUT2D eigenvalue weighted by Gasteiger charge is -2.07. The van der Waals surface area contributed by atoms with Crippen LogP contribution >= 0.6 is 15.9 Å². The molecule has 3 aromatic heterocycles. The van der Waals surface area contributed by atoms with Gasteiger partial charge in [-0.1, -0.05) is 15.9 Å². The molecule has 0 fully saturated rings. The SMILES string of the molecule is O=c1c2nnc3nc(C(F)(F)F)nn3c2ccn1-c1ccc(Br)cc1. The van der Waals surface area contributed by atoms with Crippen LogP contribution in [0, 0.1) is 0 Å². The Labute approximate surface area is 144 Å². The second-order valence-electron chi connectivity index (χ2n) is 5.05. The number of aromatic nitrogens is 6. The van der Waals surface area contributed by atoms with Gasteiger partial charge in [0.25, 0.3) is 17.2 Å². The maximum atomic E-state index is 12.8. The molecular weight excluding hydrogens is 405 g/mol. The first-order valence-electron chi connectivity index (χ1n) is 6.82. The first-order chi connectivity index (χ1) is 11.8. The molecule has 4 aromatic rings. The normalized spacial score (nSPS) is 12.2. The number of hydrogen-bond donors (Lipinski definition) is 0. The molecule has 4 rings (SSSR count). The molecular formula is C14H6BrF3N6O. The average Bonchev–Trinajstić information content (AvgIpc) is 3.01. The Bertz CT molecular complexity index is 1170. The topological polar surface area (TPSA) is 78.0 Å². The number of rotatable bonds is 1. The minimum absolute atomic E-state index is 0.0892. The predicted octanol–water partition coefficient (Wildman–Crippen LogP) is 2.60. The lowest BCUT2D eigenvalue weighted by atomic mass is 10.3. The zero-order chi connectivity index (χ0) is 17.8. The van der Waals surface area contributed by atoms with Gasteiger partial charge in [-0.25, -0.2) is 0 Å². The van der Waals surface area contributed by atoms with E-state index in [1.807, 2.05) is 0 Å². The zero-order valence-electron chi connectivity index (χ0n) is 12.1. The van der Waals surface area contributed by atoms with Crippen LogP contribution < -0.4 is 5.56 Å². The highest BCUT2D eigenvalue weighted by Crippen LogP contribution is 2.26. The third-order valence-electron chi connectivity index (χ3n) is 3.46. The molecule has 11 heteroatoms. The fraction of sp³-hybridized carbons (Fsp3) is 0.0714. The Hall–Kier alpha value is -2.82. The number of nitrogens with zero attached hydrogens (tertiary/aromatic N) is 6. The van der Waals surface area contributed by atoms with Gasteiger partial charge in [-0.05, 0) is 30.3 Å². The molecule has 0 amide bonds. The van der Waals surface area contributed by atoms with Crippen LogP contribution in [0.15, 0.2) is 45.8 Å². The van der Waals surface area contributed by atoms with Crippen molar-refractivity contribution in [1.82, 2.24) is 29.4 Å². The molecule has 126 valence electrons. The van der Waals surface area contributed by atoms with Gasteiger partial charge in [0.2, 0.25) is 0 Å². The van der Waals surface area contributed by atoms with Crippen molar-refractivity contribution in [2.24, 2.45) is 0 Å². The molecule has 0 aliphatic heterocycles. The van der Waals surface area contributed by atoms with E-state index in [9.17, 15) is 18.0 Å². The summed E-state index contributed by atoms with van der Waals surface area (Å²) < 4.78 is 41.3. The molecule has 0 saturated heterocycles. The molecule has 1 aromatic carbocycles. The van der Waals surface area contributed by atoms with Crippen LogP contribution in [0.3, 0.4) is 0 Å². The van der Waals surface area contributed by atoms with Gasteiger partial charge in [0.05, 0.1) is 0 Å². The van der Waals surface area contributed by atoms with Gasteiger partial charge < -0.3 is 0 Å². The Balaban J connectivity index is 1.97. The highest BCUT2D eigenvalue weighted by atomic mass is 79.9. The Morgan fingerprint density at radius 1 is 1.04 bits per heavy atom. The molecule has 0 spiro atoms. The van der Waals surface area contributed by atoms with E-state index in [-0.39, 0.29) is 16.8 Å². The van der Waals surface area contributed by atoms with Crippen LogP contribution in [0.4, 0.5) is 13.2 Å². The second-order valence-corrected chi connectivity index (χ2v) is 5.96. The van der Waals surface area contributed by atoms with Gasteiger partial charge in [0.15, 0.2) is 5.52 Å². The summed E-state index contributed by atoms with van der Waals surface area (Å²) in [5.74, 6) is -1.67. The molecule has 0 aliphatic carbocycles. The maximum absolute atomic E-state index is 12.8. The van der Waals surface area contributed by atoms with Crippen LogP contribution in [-0.2, 0) is 6.18 Å². The number of benzene rings is 1. The lowest BCUT2D eigenvalue weighted by molar-refractivity contribution is -0.144. The summed E-state index contributed by atoms with van der Waals surface area (Å²) in [6.07, 6.45) is -3.28. The fourth-order valence-electron chi connectivity index (χ4n) is 2.33. The molecule has 0 aliphatic rings. The van der Waals surface area contributed by atoms with Gasteiger partial charge in [-0.3, -0.25) is 9.36 Å². The van der Waals surface area contributed by atoms with E-state index in [0.29, 0.717) is 5.69 Å². The van der Waals surface area contributed by atoms with Gasteiger partial charge in [-0.2, -0.15) is 22.7 Å². The highest BCUT2D eigenvalue weighted by molar-refractivity contribution is 9.10. The molecule has 3 heterocycles. The molecule has 7 nitrogen and oxygen atoms in total. The minimum Gasteiger partial charge on any atom is -0.282 e.